The van der Waals surface area contributed by atoms with Crippen LogP contribution in [0.15, 0.2) is 48.7 Å². The van der Waals surface area contributed by atoms with E-state index in [0.717, 1.165) is 25.8 Å². The molecule has 1 aliphatic heterocycles. The van der Waals surface area contributed by atoms with Crippen molar-refractivity contribution in [3.05, 3.63) is 59.8 Å². The molecule has 1 aliphatic carbocycles. The third-order valence-corrected chi connectivity index (χ3v) is 4.91. The van der Waals surface area contributed by atoms with E-state index in [2.05, 4.69) is 50.0 Å². The fourth-order valence-corrected chi connectivity index (χ4v) is 3.89. The second-order valence-electron chi connectivity index (χ2n) is 5.78. The minimum atomic E-state index is 0.0986. The lowest BCUT2D eigenvalue weighted by atomic mass is 9.69. The number of likely N-dealkylation sites (tertiary alicyclic amines) is 1. The Labute approximate surface area is 115 Å². The summed E-state index contributed by atoms with van der Waals surface area (Å²) in [6.45, 7) is 5.01. The summed E-state index contributed by atoms with van der Waals surface area (Å²) < 4.78 is 0.613. The molecule has 1 saturated heterocycles. The van der Waals surface area contributed by atoms with E-state index in [4.69, 9.17) is 4.84 Å². The average Bonchev–Trinajstić information content (AvgIpc) is 2.74. The van der Waals surface area contributed by atoms with Gasteiger partial charge in [0, 0.05) is 6.42 Å². The van der Waals surface area contributed by atoms with E-state index in [1.165, 1.54) is 16.8 Å². The highest BCUT2D eigenvalue weighted by molar-refractivity contribution is 5.46. The van der Waals surface area contributed by atoms with Gasteiger partial charge in [0.2, 0.25) is 0 Å². The highest BCUT2D eigenvalue weighted by Crippen LogP contribution is 2.52. The molecule has 100 valence electrons. The van der Waals surface area contributed by atoms with Crippen molar-refractivity contribution in [3.63, 3.8) is 0 Å². The van der Waals surface area contributed by atoms with Crippen LogP contribution in [0, 0.1) is 0 Å². The maximum Gasteiger partial charge on any atom is 0.149 e. The molecule has 1 fully saturated rings. The van der Waals surface area contributed by atoms with Crippen LogP contribution >= 0.6 is 0 Å². The van der Waals surface area contributed by atoms with Crippen LogP contribution in [-0.4, -0.2) is 25.3 Å². The number of hydrogen-bond donors (Lipinski definition) is 0. The molecule has 0 saturated carbocycles. The number of rotatable bonds is 3. The van der Waals surface area contributed by atoms with Crippen molar-refractivity contribution < 1.29 is 9.48 Å². The van der Waals surface area contributed by atoms with E-state index < -0.39 is 0 Å². The molecule has 19 heavy (non-hydrogen) atoms. The molecule has 2 unspecified atom stereocenters. The summed E-state index contributed by atoms with van der Waals surface area (Å²) in [6.07, 6.45) is 7.57. The first-order valence-corrected chi connectivity index (χ1v) is 6.98. The van der Waals surface area contributed by atoms with Crippen LogP contribution < -0.4 is 0 Å². The number of fused-ring (bicyclic) bond motifs is 3. The van der Waals surface area contributed by atoms with Gasteiger partial charge >= 0.3 is 0 Å². The van der Waals surface area contributed by atoms with Crippen molar-refractivity contribution in [1.29, 1.82) is 0 Å². The average molecular weight is 256 g/mol. The zero-order chi connectivity index (χ0) is 13.5. The van der Waals surface area contributed by atoms with Crippen LogP contribution in [0.5, 0.6) is 0 Å². The Kier molecular flexibility index (Phi) is 2.88. The summed E-state index contributed by atoms with van der Waals surface area (Å²) in [7, 11) is 3.98. The van der Waals surface area contributed by atoms with E-state index in [0.29, 0.717) is 4.65 Å². The number of likely N-dealkylation sites (N-methyl/N-ethyl adjacent to an activating group) is 1. The first-order valence-electron chi connectivity index (χ1n) is 6.98. The highest BCUT2D eigenvalue weighted by atomic mass is 16.7. The summed E-state index contributed by atoms with van der Waals surface area (Å²) in [6, 6.07) is 8.83. The third-order valence-electron chi connectivity index (χ3n) is 4.91. The number of hydroxylamine groups is 3. The monoisotopic (exact) mass is 256 g/mol. The molecule has 1 heterocycles. The fraction of sp³-hybridized carbons (Fsp3) is 0.412. The van der Waals surface area contributed by atoms with Gasteiger partial charge in [-0.25, -0.2) is 4.84 Å². The maximum atomic E-state index is 5.79. The molecule has 0 N–H and O–H groups in total. The van der Waals surface area contributed by atoms with Gasteiger partial charge < -0.3 is 0 Å². The highest BCUT2D eigenvalue weighted by Gasteiger charge is 2.55. The third kappa shape index (κ3) is 1.63. The van der Waals surface area contributed by atoms with Gasteiger partial charge in [0.25, 0.3) is 0 Å². The van der Waals surface area contributed by atoms with Crippen LogP contribution in [0.2, 0.25) is 0 Å². The van der Waals surface area contributed by atoms with Crippen LogP contribution in [0.4, 0.5) is 0 Å². The molecule has 0 aromatic heterocycles. The Morgan fingerprint density at radius 3 is 2.95 bits per heavy atom. The Morgan fingerprint density at radius 2 is 2.21 bits per heavy atom. The number of quaternary nitrogens is 1. The summed E-state index contributed by atoms with van der Waals surface area (Å²) >= 11 is 0. The van der Waals surface area contributed by atoms with Crippen molar-refractivity contribution in [2.24, 2.45) is 0 Å². The second-order valence-corrected chi connectivity index (χ2v) is 5.78. The summed E-state index contributed by atoms with van der Waals surface area (Å²) in [4.78, 5) is 5.79. The zero-order valence-electron chi connectivity index (χ0n) is 11.9. The standard InChI is InChI=1S/C17H22NO/c1-4-11-17-12-13-18(2,19-3)16(17)10-9-14-7-5-6-8-15(14)17/h4-8,10H,1,9,11-13H2,2-3H3/q+1. The number of benzene rings is 1. The largest absolute Gasteiger partial charge is 0.201 e. The van der Waals surface area contributed by atoms with Gasteiger partial charge in [0.05, 0.1) is 12.5 Å². The summed E-state index contributed by atoms with van der Waals surface area (Å²) in [5, 5.41) is 0. The van der Waals surface area contributed by atoms with Crippen LogP contribution in [0.1, 0.15) is 24.0 Å². The van der Waals surface area contributed by atoms with E-state index >= 15 is 0 Å². The van der Waals surface area contributed by atoms with E-state index in [9.17, 15) is 0 Å². The van der Waals surface area contributed by atoms with Crippen molar-refractivity contribution in [1.82, 2.24) is 0 Å². The SMILES string of the molecule is C=CCC12CC[N+](C)(OC)C1=CCc1ccccc12. The first-order chi connectivity index (χ1) is 9.16. The van der Waals surface area contributed by atoms with Crippen LogP contribution in [-0.2, 0) is 16.7 Å². The van der Waals surface area contributed by atoms with Crippen molar-refractivity contribution in [2.75, 3.05) is 20.7 Å². The molecule has 0 spiro atoms. The van der Waals surface area contributed by atoms with Crippen LogP contribution in [0.25, 0.3) is 0 Å². The van der Waals surface area contributed by atoms with E-state index in [-0.39, 0.29) is 5.41 Å². The number of hydrogen-bond acceptors (Lipinski definition) is 1. The molecular weight excluding hydrogens is 234 g/mol. The van der Waals surface area contributed by atoms with Gasteiger partial charge in [-0.05, 0) is 30.0 Å². The number of nitrogens with zero attached hydrogens (tertiary/aromatic N) is 1. The normalized spacial score (nSPS) is 32.4. The molecule has 2 atom stereocenters. The molecule has 1 aromatic carbocycles. The fourth-order valence-electron chi connectivity index (χ4n) is 3.89. The molecule has 2 heteroatoms. The van der Waals surface area contributed by atoms with Gasteiger partial charge in [-0.15, -0.1) is 6.58 Å². The minimum Gasteiger partial charge on any atom is -0.201 e. The Balaban J connectivity index is 2.19. The molecule has 0 radical (unpaired) electrons. The predicted octanol–water partition coefficient (Wildman–Crippen LogP) is 3.35. The minimum absolute atomic E-state index is 0.0986. The van der Waals surface area contributed by atoms with Crippen molar-refractivity contribution >= 4 is 0 Å². The second kappa shape index (κ2) is 4.32. The molecule has 0 amide bonds. The van der Waals surface area contributed by atoms with E-state index in [1.807, 2.05) is 7.11 Å². The topological polar surface area (TPSA) is 9.23 Å². The van der Waals surface area contributed by atoms with Gasteiger partial charge in [-0.3, -0.25) is 0 Å². The smallest absolute Gasteiger partial charge is 0.149 e. The van der Waals surface area contributed by atoms with Crippen molar-refractivity contribution in [2.45, 2.75) is 24.7 Å². The Hall–Kier alpha value is -1.38. The summed E-state index contributed by atoms with van der Waals surface area (Å²) in [5.41, 5.74) is 4.44. The van der Waals surface area contributed by atoms with Crippen LogP contribution in [0.3, 0.4) is 0 Å². The van der Waals surface area contributed by atoms with E-state index in [1.54, 1.807) is 0 Å². The van der Waals surface area contributed by atoms with Gasteiger partial charge in [-0.1, -0.05) is 30.3 Å². The van der Waals surface area contributed by atoms with Crippen molar-refractivity contribution in [3.8, 4) is 0 Å². The first kappa shape index (κ1) is 12.6. The lowest BCUT2D eigenvalue weighted by Crippen LogP contribution is -2.42. The lowest BCUT2D eigenvalue weighted by molar-refractivity contribution is -1.05. The Morgan fingerprint density at radius 1 is 1.42 bits per heavy atom. The molecule has 1 aromatic rings. The summed E-state index contributed by atoms with van der Waals surface area (Å²) in [5.74, 6) is 0. The Bertz CT molecular complexity index is 548. The maximum absolute atomic E-state index is 5.79. The number of allylic oxidation sites excluding steroid dienone is 3. The molecule has 2 aliphatic rings. The van der Waals surface area contributed by atoms with Gasteiger partial charge in [0.15, 0.2) is 0 Å². The molecule has 0 bridgehead atoms. The zero-order valence-corrected chi connectivity index (χ0v) is 11.9. The molecule has 3 rings (SSSR count). The lowest BCUT2D eigenvalue weighted by Gasteiger charge is -2.36. The quantitative estimate of drug-likeness (QED) is 0.595. The van der Waals surface area contributed by atoms with Gasteiger partial charge in [0.1, 0.15) is 19.3 Å². The van der Waals surface area contributed by atoms with Gasteiger partial charge in [-0.2, -0.15) is 4.65 Å². The molecule has 2 nitrogen and oxygen atoms in total. The molecular formula is C17H22NO+. The predicted molar refractivity (Wildman–Crippen MR) is 77.4 cm³/mol.